The Labute approximate surface area is 182 Å². The molecular weight excluding hydrogens is 509 g/mol. The van der Waals surface area contributed by atoms with Crippen molar-refractivity contribution in [2.75, 3.05) is 40.0 Å². The van der Waals surface area contributed by atoms with E-state index in [1.807, 2.05) is 12.1 Å². The van der Waals surface area contributed by atoms with E-state index in [0.29, 0.717) is 5.92 Å². The van der Waals surface area contributed by atoms with E-state index < -0.39 is 0 Å². The number of hydrogen-bond acceptors (Lipinski definition) is 3. The third-order valence-electron chi connectivity index (χ3n) is 4.40. The Morgan fingerprint density at radius 3 is 2.77 bits per heavy atom. The van der Waals surface area contributed by atoms with Gasteiger partial charge in [0.15, 0.2) is 5.96 Å². The van der Waals surface area contributed by atoms with Crippen LogP contribution in [0, 0.1) is 5.92 Å². The van der Waals surface area contributed by atoms with Crippen LogP contribution in [0.15, 0.2) is 33.7 Å². The molecule has 1 aliphatic rings. The van der Waals surface area contributed by atoms with Gasteiger partial charge in [-0.15, -0.1) is 24.0 Å². The van der Waals surface area contributed by atoms with Crippen LogP contribution < -0.4 is 10.6 Å². The van der Waals surface area contributed by atoms with Gasteiger partial charge < -0.3 is 20.1 Å². The van der Waals surface area contributed by atoms with E-state index >= 15 is 0 Å². The van der Waals surface area contributed by atoms with Crippen molar-refractivity contribution < 1.29 is 9.47 Å². The first-order valence-electron chi connectivity index (χ1n) is 9.07. The van der Waals surface area contributed by atoms with Crippen molar-refractivity contribution in [3.8, 4) is 0 Å². The molecule has 0 amide bonds. The molecule has 0 aliphatic carbocycles. The number of halogens is 2. The van der Waals surface area contributed by atoms with Gasteiger partial charge in [0.05, 0.1) is 6.04 Å². The van der Waals surface area contributed by atoms with Crippen molar-refractivity contribution in [1.29, 1.82) is 0 Å². The molecule has 1 aliphatic heterocycles. The van der Waals surface area contributed by atoms with Crippen LogP contribution in [0.3, 0.4) is 0 Å². The third-order valence-corrected chi connectivity index (χ3v) is 5.12. The van der Waals surface area contributed by atoms with E-state index in [4.69, 9.17) is 9.47 Å². The number of aliphatic imine (C=N–C) groups is 1. The molecule has 7 heteroatoms. The van der Waals surface area contributed by atoms with Crippen LogP contribution in [-0.2, 0) is 9.47 Å². The summed E-state index contributed by atoms with van der Waals surface area (Å²) >= 11 is 3.60. The van der Waals surface area contributed by atoms with Crippen LogP contribution in [0.5, 0.6) is 0 Å². The highest BCUT2D eigenvalue weighted by Crippen LogP contribution is 2.22. The molecule has 148 valence electrons. The van der Waals surface area contributed by atoms with E-state index in [9.17, 15) is 0 Å². The van der Waals surface area contributed by atoms with Crippen molar-refractivity contribution in [2.24, 2.45) is 10.9 Å². The number of hydrogen-bond donors (Lipinski definition) is 2. The molecule has 1 atom stereocenters. The van der Waals surface area contributed by atoms with Gasteiger partial charge in [-0.2, -0.15) is 0 Å². The summed E-state index contributed by atoms with van der Waals surface area (Å²) < 4.78 is 12.3. The van der Waals surface area contributed by atoms with Gasteiger partial charge in [0.2, 0.25) is 0 Å². The molecule has 0 bridgehead atoms. The standard InChI is InChI=1S/C19H30BrN3O2.HI/c1-15(17-6-3-4-7-18(17)20)23-19(21-2)22-10-5-11-25-14-16-8-12-24-13-9-16;/h3-4,6-7,15-16H,5,8-14H2,1-2H3,(H2,21,22,23);1H. The molecule has 0 radical (unpaired) electrons. The maximum atomic E-state index is 5.79. The smallest absolute Gasteiger partial charge is 0.191 e. The first-order chi connectivity index (χ1) is 12.2. The van der Waals surface area contributed by atoms with Crippen LogP contribution in [-0.4, -0.2) is 46.0 Å². The largest absolute Gasteiger partial charge is 0.381 e. The van der Waals surface area contributed by atoms with Crippen molar-refractivity contribution in [1.82, 2.24) is 10.6 Å². The summed E-state index contributed by atoms with van der Waals surface area (Å²) in [5, 5.41) is 6.77. The molecule has 1 saturated heterocycles. The Balaban J connectivity index is 0.00000338. The van der Waals surface area contributed by atoms with Crippen molar-refractivity contribution in [2.45, 2.75) is 32.2 Å². The molecule has 1 aromatic rings. The molecule has 0 saturated carbocycles. The summed E-state index contributed by atoms with van der Waals surface area (Å²) in [4.78, 5) is 4.30. The van der Waals surface area contributed by atoms with E-state index in [0.717, 1.165) is 62.7 Å². The SMILES string of the molecule is CN=C(NCCCOCC1CCOCC1)NC(C)c1ccccc1Br.I. The van der Waals surface area contributed by atoms with Crippen molar-refractivity contribution >= 4 is 45.9 Å². The number of guanidine groups is 1. The first-order valence-corrected chi connectivity index (χ1v) is 9.87. The predicted octanol–water partition coefficient (Wildman–Crippen LogP) is 4.13. The van der Waals surface area contributed by atoms with Gasteiger partial charge in [0.25, 0.3) is 0 Å². The fourth-order valence-corrected chi connectivity index (χ4v) is 3.48. The summed E-state index contributed by atoms with van der Waals surface area (Å²) in [6.07, 6.45) is 3.22. The van der Waals surface area contributed by atoms with Gasteiger partial charge in [-0.25, -0.2) is 0 Å². The Hall–Kier alpha value is -0.380. The number of nitrogens with one attached hydrogen (secondary N) is 2. The summed E-state index contributed by atoms with van der Waals surface area (Å²) in [5.41, 5.74) is 1.21. The minimum atomic E-state index is 0. The lowest BCUT2D eigenvalue weighted by atomic mass is 10.0. The fourth-order valence-electron chi connectivity index (χ4n) is 2.85. The number of benzene rings is 1. The number of nitrogens with zero attached hydrogens (tertiary/aromatic N) is 1. The number of rotatable bonds is 8. The monoisotopic (exact) mass is 539 g/mol. The van der Waals surface area contributed by atoms with E-state index in [2.05, 4.69) is 50.6 Å². The molecule has 5 nitrogen and oxygen atoms in total. The normalized spacial score (nSPS) is 16.7. The molecule has 1 fully saturated rings. The Kier molecular flexibility index (Phi) is 12.5. The zero-order valence-electron chi connectivity index (χ0n) is 15.7. The molecule has 1 heterocycles. The van der Waals surface area contributed by atoms with E-state index in [1.54, 1.807) is 7.05 Å². The molecule has 2 N–H and O–H groups in total. The maximum Gasteiger partial charge on any atom is 0.191 e. The highest BCUT2D eigenvalue weighted by molar-refractivity contribution is 14.0. The van der Waals surface area contributed by atoms with Gasteiger partial charge in [-0.1, -0.05) is 34.1 Å². The second kappa shape index (κ2) is 13.7. The summed E-state index contributed by atoms with van der Waals surface area (Å²) in [6, 6.07) is 8.41. The van der Waals surface area contributed by atoms with Crippen LogP contribution in [0.4, 0.5) is 0 Å². The molecular formula is C19H31BrIN3O2. The first kappa shape index (κ1) is 23.7. The van der Waals surface area contributed by atoms with Crippen LogP contribution in [0.2, 0.25) is 0 Å². The predicted molar refractivity (Wildman–Crippen MR) is 121 cm³/mol. The summed E-state index contributed by atoms with van der Waals surface area (Å²) in [6.45, 7) is 6.37. The zero-order chi connectivity index (χ0) is 17.9. The van der Waals surface area contributed by atoms with E-state index in [1.165, 1.54) is 5.56 Å². The lowest BCUT2D eigenvalue weighted by molar-refractivity contribution is 0.0203. The minimum absolute atomic E-state index is 0. The van der Waals surface area contributed by atoms with Crippen LogP contribution in [0.1, 0.15) is 37.8 Å². The minimum Gasteiger partial charge on any atom is -0.381 e. The van der Waals surface area contributed by atoms with Gasteiger partial charge >= 0.3 is 0 Å². The second-order valence-corrected chi connectivity index (χ2v) is 7.23. The summed E-state index contributed by atoms with van der Waals surface area (Å²) in [7, 11) is 1.80. The third kappa shape index (κ3) is 8.54. The van der Waals surface area contributed by atoms with Gasteiger partial charge in [0.1, 0.15) is 0 Å². The van der Waals surface area contributed by atoms with Crippen molar-refractivity contribution in [3.63, 3.8) is 0 Å². The van der Waals surface area contributed by atoms with Crippen molar-refractivity contribution in [3.05, 3.63) is 34.3 Å². The van der Waals surface area contributed by atoms with Gasteiger partial charge in [-0.3, -0.25) is 4.99 Å². The second-order valence-electron chi connectivity index (χ2n) is 6.37. The van der Waals surface area contributed by atoms with Gasteiger partial charge in [-0.05, 0) is 43.7 Å². The lowest BCUT2D eigenvalue weighted by Crippen LogP contribution is -2.39. The highest BCUT2D eigenvalue weighted by Gasteiger charge is 2.13. The topological polar surface area (TPSA) is 54.9 Å². The molecule has 26 heavy (non-hydrogen) atoms. The molecule has 0 spiro atoms. The fraction of sp³-hybridized carbons (Fsp3) is 0.632. The Morgan fingerprint density at radius 2 is 2.08 bits per heavy atom. The molecule has 1 aromatic carbocycles. The van der Waals surface area contributed by atoms with Crippen LogP contribution in [0.25, 0.3) is 0 Å². The zero-order valence-corrected chi connectivity index (χ0v) is 19.6. The molecule has 1 unspecified atom stereocenters. The molecule has 2 rings (SSSR count). The maximum absolute atomic E-state index is 5.79. The Morgan fingerprint density at radius 1 is 1.35 bits per heavy atom. The number of ether oxygens (including phenoxy) is 2. The molecule has 0 aromatic heterocycles. The van der Waals surface area contributed by atoms with Crippen LogP contribution >= 0.6 is 39.9 Å². The van der Waals surface area contributed by atoms with E-state index in [-0.39, 0.29) is 30.0 Å². The Bertz CT molecular complexity index is 539. The highest BCUT2D eigenvalue weighted by atomic mass is 127. The quantitative estimate of drug-likeness (QED) is 0.226. The van der Waals surface area contributed by atoms with Gasteiger partial charge in [0, 0.05) is 44.5 Å². The summed E-state index contributed by atoms with van der Waals surface area (Å²) in [5.74, 6) is 1.48. The average Bonchev–Trinajstić information content (AvgIpc) is 2.64. The lowest BCUT2D eigenvalue weighted by Gasteiger charge is -2.22. The average molecular weight is 540 g/mol.